The van der Waals surface area contributed by atoms with Crippen LogP contribution >= 0.6 is 0 Å². The van der Waals surface area contributed by atoms with E-state index in [0.717, 1.165) is 12.1 Å². The van der Waals surface area contributed by atoms with Crippen LogP contribution in [0.4, 0.5) is 17.6 Å². The second-order valence-corrected chi connectivity index (χ2v) is 4.17. The summed E-state index contributed by atoms with van der Waals surface area (Å²) in [5.41, 5.74) is -1.33. The van der Waals surface area contributed by atoms with Crippen LogP contribution in [0.15, 0.2) is 29.1 Å². The Balaban J connectivity index is 2.61. The molecule has 0 unspecified atom stereocenters. The zero-order valence-corrected chi connectivity index (χ0v) is 10.4. The maximum Gasteiger partial charge on any atom is 0.416 e. The summed E-state index contributed by atoms with van der Waals surface area (Å²) in [6.07, 6.45) is -4.22. The number of aryl methyl sites for hydroxylation is 1. The van der Waals surface area contributed by atoms with Crippen molar-refractivity contribution in [1.82, 2.24) is 9.97 Å². The summed E-state index contributed by atoms with van der Waals surface area (Å²) in [7, 11) is 0. The fourth-order valence-corrected chi connectivity index (χ4v) is 1.72. The van der Waals surface area contributed by atoms with Crippen LogP contribution in [0.3, 0.4) is 0 Å². The lowest BCUT2D eigenvalue weighted by Crippen LogP contribution is -2.11. The molecule has 1 aromatic carbocycles. The fourth-order valence-electron chi connectivity index (χ4n) is 1.72. The number of halogens is 4. The van der Waals surface area contributed by atoms with Crippen LogP contribution < -0.4 is 5.56 Å². The lowest BCUT2D eigenvalue weighted by atomic mass is 10.1. The summed E-state index contributed by atoms with van der Waals surface area (Å²) in [6, 6.07) is 3.28. The van der Waals surface area contributed by atoms with Crippen molar-refractivity contribution in [1.29, 1.82) is 0 Å². The fraction of sp³-hybridized carbons (Fsp3) is 0.231. The molecule has 2 rings (SSSR count). The monoisotopic (exact) mass is 286 g/mol. The molecule has 7 heteroatoms. The Hall–Kier alpha value is -2.18. The SMILES string of the molecule is CCc1cc(=O)[nH]c(-c2cc(F)cc(C(F)(F)F)c2)n1. The average molecular weight is 286 g/mol. The number of hydrogen-bond donors (Lipinski definition) is 1. The van der Waals surface area contributed by atoms with Gasteiger partial charge < -0.3 is 4.98 Å². The normalized spacial score (nSPS) is 11.7. The van der Waals surface area contributed by atoms with Gasteiger partial charge in [0.2, 0.25) is 0 Å². The summed E-state index contributed by atoms with van der Waals surface area (Å²) in [5, 5.41) is 0. The maximum absolute atomic E-state index is 13.3. The van der Waals surface area contributed by atoms with Gasteiger partial charge in [0, 0.05) is 17.3 Å². The highest BCUT2D eigenvalue weighted by Gasteiger charge is 2.31. The minimum absolute atomic E-state index is 0.0839. The number of rotatable bonds is 2. The molecule has 0 fully saturated rings. The highest BCUT2D eigenvalue weighted by Crippen LogP contribution is 2.32. The largest absolute Gasteiger partial charge is 0.416 e. The predicted molar refractivity (Wildman–Crippen MR) is 64.6 cm³/mol. The first-order valence-electron chi connectivity index (χ1n) is 5.78. The van der Waals surface area contributed by atoms with Crippen LogP contribution in [0, 0.1) is 5.82 Å². The zero-order chi connectivity index (χ0) is 14.9. The molecule has 106 valence electrons. The smallest absolute Gasteiger partial charge is 0.307 e. The minimum Gasteiger partial charge on any atom is -0.307 e. The van der Waals surface area contributed by atoms with Gasteiger partial charge in [0.25, 0.3) is 5.56 Å². The van der Waals surface area contributed by atoms with Crippen molar-refractivity contribution < 1.29 is 17.6 Å². The van der Waals surface area contributed by atoms with E-state index in [0.29, 0.717) is 18.2 Å². The third-order valence-corrected chi connectivity index (χ3v) is 2.66. The molecular formula is C13H10F4N2O. The number of aromatic nitrogens is 2. The first-order chi connectivity index (χ1) is 9.29. The molecule has 0 saturated carbocycles. The Bertz CT molecular complexity index is 692. The summed E-state index contributed by atoms with van der Waals surface area (Å²) < 4.78 is 51.2. The maximum atomic E-state index is 13.3. The van der Waals surface area contributed by atoms with Crippen molar-refractivity contribution in [2.75, 3.05) is 0 Å². The van der Waals surface area contributed by atoms with Crippen molar-refractivity contribution in [2.45, 2.75) is 19.5 Å². The molecule has 0 aliphatic heterocycles. The molecule has 20 heavy (non-hydrogen) atoms. The lowest BCUT2D eigenvalue weighted by Gasteiger charge is -2.09. The quantitative estimate of drug-likeness (QED) is 0.862. The number of alkyl halides is 3. The molecule has 0 bridgehead atoms. The van der Waals surface area contributed by atoms with E-state index >= 15 is 0 Å². The van der Waals surface area contributed by atoms with Crippen molar-refractivity contribution in [3.63, 3.8) is 0 Å². The summed E-state index contributed by atoms with van der Waals surface area (Å²) in [4.78, 5) is 17.7. The topological polar surface area (TPSA) is 45.8 Å². The highest BCUT2D eigenvalue weighted by molar-refractivity contribution is 5.56. The molecule has 1 aromatic heterocycles. The zero-order valence-electron chi connectivity index (χ0n) is 10.4. The Morgan fingerprint density at radius 3 is 2.50 bits per heavy atom. The highest BCUT2D eigenvalue weighted by atomic mass is 19.4. The lowest BCUT2D eigenvalue weighted by molar-refractivity contribution is -0.137. The number of hydrogen-bond acceptors (Lipinski definition) is 2. The van der Waals surface area contributed by atoms with E-state index in [9.17, 15) is 22.4 Å². The van der Waals surface area contributed by atoms with Crippen LogP contribution in [-0.2, 0) is 12.6 Å². The molecule has 0 spiro atoms. The number of nitrogens with zero attached hydrogens (tertiary/aromatic N) is 1. The van der Waals surface area contributed by atoms with Gasteiger partial charge in [0.05, 0.1) is 5.56 Å². The van der Waals surface area contributed by atoms with Gasteiger partial charge in [-0.2, -0.15) is 13.2 Å². The van der Waals surface area contributed by atoms with Gasteiger partial charge in [-0.05, 0) is 24.6 Å². The van der Waals surface area contributed by atoms with Gasteiger partial charge in [-0.15, -0.1) is 0 Å². The van der Waals surface area contributed by atoms with Gasteiger partial charge in [-0.25, -0.2) is 9.37 Å². The first-order valence-corrected chi connectivity index (χ1v) is 5.78. The first kappa shape index (κ1) is 14.2. The summed E-state index contributed by atoms with van der Waals surface area (Å²) in [6.45, 7) is 1.75. The van der Waals surface area contributed by atoms with E-state index in [2.05, 4.69) is 9.97 Å². The molecule has 1 N–H and O–H groups in total. The molecule has 0 saturated heterocycles. The van der Waals surface area contributed by atoms with Gasteiger partial charge in [0.1, 0.15) is 11.6 Å². The third kappa shape index (κ3) is 3.04. The molecule has 2 aromatic rings. The Morgan fingerprint density at radius 2 is 1.90 bits per heavy atom. The van der Waals surface area contributed by atoms with Crippen LogP contribution in [0.5, 0.6) is 0 Å². The Morgan fingerprint density at radius 1 is 1.20 bits per heavy atom. The summed E-state index contributed by atoms with van der Waals surface area (Å²) >= 11 is 0. The number of benzene rings is 1. The van der Waals surface area contributed by atoms with Gasteiger partial charge in [-0.1, -0.05) is 6.92 Å². The molecule has 0 amide bonds. The standard InChI is InChI=1S/C13H10F4N2O/c1-2-10-6-11(20)19-12(18-10)7-3-8(13(15,16)17)5-9(14)4-7/h3-6H,2H2,1H3,(H,18,19,20). The molecule has 1 heterocycles. The molecule has 0 radical (unpaired) electrons. The minimum atomic E-state index is -4.67. The number of H-pyrrole nitrogens is 1. The molecule has 0 atom stereocenters. The van der Waals surface area contributed by atoms with Crippen LogP contribution in [0.2, 0.25) is 0 Å². The van der Waals surface area contributed by atoms with Crippen LogP contribution in [0.1, 0.15) is 18.2 Å². The summed E-state index contributed by atoms with van der Waals surface area (Å²) in [5.74, 6) is -1.13. The van der Waals surface area contributed by atoms with E-state index in [4.69, 9.17) is 0 Å². The van der Waals surface area contributed by atoms with E-state index in [1.807, 2.05) is 0 Å². The third-order valence-electron chi connectivity index (χ3n) is 2.66. The predicted octanol–water partition coefficient (Wildman–Crippen LogP) is 3.16. The van der Waals surface area contributed by atoms with Gasteiger partial charge in [-0.3, -0.25) is 4.79 Å². The van der Waals surface area contributed by atoms with Crippen molar-refractivity contribution in [2.24, 2.45) is 0 Å². The number of aromatic amines is 1. The van der Waals surface area contributed by atoms with E-state index in [1.165, 1.54) is 6.07 Å². The second kappa shape index (κ2) is 5.07. The van der Waals surface area contributed by atoms with E-state index < -0.39 is 23.1 Å². The second-order valence-electron chi connectivity index (χ2n) is 4.17. The Kier molecular flexibility index (Phi) is 3.61. The van der Waals surface area contributed by atoms with E-state index in [1.54, 1.807) is 6.92 Å². The van der Waals surface area contributed by atoms with Crippen LogP contribution in [-0.4, -0.2) is 9.97 Å². The average Bonchev–Trinajstić information content (AvgIpc) is 2.36. The van der Waals surface area contributed by atoms with Crippen molar-refractivity contribution >= 4 is 0 Å². The van der Waals surface area contributed by atoms with E-state index in [-0.39, 0.29) is 11.4 Å². The number of nitrogens with one attached hydrogen (secondary N) is 1. The van der Waals surface area contributed by atoms with Crippen molar-refractivity contribution in [3.8, 4) is 11.4 Å². The van der Waals surface area contributed by atoms with Gasteiger partial charge in [0.15, 0.2) is 0 Å². The molecule has 3 nitrogen and oxygen atoms in total. The van der Waals surface area contributed by atoms with Crippen LogP contribution in [0.25, 0.3) is 11.4 Å². The molecule has 0 aliphatic carbocycles. The van der Waals surface area contributed by atoms with Gasteiger partial charge >= 0.3 is 6.18 Å². The van der Waals surface area contributed by atoms with Crippen molar-refractivity contribution in [3.05, 3.63) is 51.7 Å². The Labute approximate surface area is 111 Å². The molecular weight excluding hydrogens is 276 g/mol. The molecule has 0 aliphatic rings.